The number of carbonyl (C=O) groups is 1. The van der Waals surface area contributed by atoms with Crippen molar-refractivity contribution in [1.29, 1.82) is 0 Å². The van der Waals surface area contributed by atoms with Gasteiger partial charge in [0.25, 0.3) is 5.91 Å². The second kappa shape index (κ2) is 6.30. The molecular weight excluding hydrogens is 234 g/mol. The first-order valence-corrected chi connectivity index (χ1v) is 5.96. The molecule has 2 N–H and O–H groups in total. The number of nitrogens with zero attached hydrogens (tertiary/aromatic N) is 2. The van der Waals surface area contributed by atoms with Crippen LogP contribution in [-0.2, 0) is 0 Å². The molecule has 0 atom stereocenters. The number of hydrogen-bond donors (Lipinski definition) is 1. The summed E-state index contributed by atoms with van der Waals surface area (Å²) in [4.78, 5) is 18.3. The van der Waals surface area contributed by atoms with Crippen molar-refractivity contribution >= 4 is 23.1 Å². The first-order valence-electron chi connectivity index (χ1n) is 5.55. The fourth-order valence-electron chi connectivity index (χ4n) is 1.57. The van der Waals surface area contributed by atoms with E-state index in [4.69, 9.17) is 18.0 Å². The third-order valence-corrected chi connectivity index (χ3v) is 2.47. The van der Waals surface area contributed by atoms with Crippen molar-refractivity contribution in [3.05, 3.63) is 29.6 Å². The Bertz CT molecular complexity index is 420. The standard InChI is InChI=1S/C12H17N3OS/c1-3-7-15(8-10(13)17)12(16)11-9(2)5-4-6-14-11/h4-6H,3,7-8H2,1-2H3,(H2,13,17). The number of amides is 1. The lowest BCUT2D eigenvalue weighted by Gasteiger charge is -2.21. The van der Waals surface area contributed by atoms with Crippen molar-refractivity contribution in [3.8, 4) is 0 Å². The average Bonchev–Trinajstić information content (AvgIpc) is 2.28. The molecule has 1 heterocycles. The van der Waals surface area contributed by atoms with E-state index in [9.17, 15) is 4.79 Å². The highest BCUT2D eigenvalue weighted by molar-refractivity contribution is 7.80. The monoisotopic (exact) mass is 251 g/mol. The molecule has 17 heavy (non-hydrogen) atoms. The normalized spacial score (nSPS) is 10.0. The molecule has 1 aromatic heterocycles. The molecule has 4 nitrogen and oxygen atoms in total. The first-order chi connectivity index (χ1) is 8.06. The zero-order chi connectivity index (χ0) is 12.8. The summed E-state index contributed by atoms with van der Waals surface area (Å²) >= 11 is 4.85. The van der Waals surface area contributed by atoms with Gasteiger partial charge in [0.15, 0.2) is 0 Å². The lowest BCUT2D eigenvalue weighted by atomic mass is 10.2. The van der Waals surface area contributed by atoms with Crippen LogP contribution in [0.1, 0.15) is 29.4 Å². The summed E-state index contributed by atoms with van der Waals surface area (Å²) in [6.45, 7) is 4.81. The summed E-state index contributed by atoms with van der Waals surface area (Å²) < 4.78 is 0. The Labute approximate surface area is 107 Å². The molecule has 92 valence electrons. The van der Waals surface area contributed by atoms with E-state index in [1.165, 1.54) is 0 Å². The molecule has 5 heteroatoms. The first kappa shape index (κ1) is 13.6. The molecular formula is C12H17N3OS. The molecule has 0 aliphatic carbocycles. The van der Waals surface area contributed by atoms with Crippen molar-refractivity contribution in [3.63, 3.8) is 0 Å². The number of pyridine rings is 1. The molecule has 0 unspecified atom stereocenters. The number of nitrogens with two attached hydrogens (primary N) is 1. The maximum Gasteiger partial charge on any atom is 0.273 e. The third kappa shape index (κ3) is 3.78. The summed E-state index contributed by atoms with van der Waals surface area (Å²) in [5.41, 5.74) is 6.83. The van der Waals surface area contributed by atoms with Gasteiger partial charge < -0.3 is 10.6 Å². The van der Waals surface area contributed by atoms with Gasteiger partial charge in [0.2, 0.25) is 0 Å². The van der Waals surface area contributed by atoms with Gasteiger partial charge in [0.05, 0.1) is 11.5 Å². The molecule has 1 rings (SSSR count). The zero-order valence-corrected chi connectivity index (χ0v) is 11.0. The number of aryl methyl sites for hydroxylation is 1. The fraction of sp³-hybridized carbons (Fsp3) is 0.417. The second-order valence-electron chi connectivity index (χ2n) is 3.86. The Kier molecular flexibility index (Phi) is 5.03. The smallest absolute Gasteiger partial charge is 0.273 e. The van der Waals surface area contributed by atoms with Gasteiger partial charge in [0, 0.05) is 12.7 Å². The van der Waals surface area contributed by atoms with E-state index in [-0.39, 0.29) is 5.91 Å². The van der Waals surface area contributed by atoms with Crippen molar-refractivity contribution in [2.75, 3.05) is 13.1 Å². The van der Waals surface area contributed by atoms with Crippen molar-refractivity contribution in [1.82, 2.24) is 9.88 Å². The van der Waals surface area contributed by atoms with E-state index < -0.39 is 0 Å². The van der Waals surface area contributed by atoms with Crippen LogP contribution < -0.4 is 5.73 Å². The topological polar surface area (TPSA) is 59.2 Å². The van der Waals surface area contributed by atoms with Crippen molar-refractivity contribution in [2.45, 2.75) is 20.3 Å². The Balaban J connectivity index is 2.91. The minimum absolute atomic E-state index is 0.113. The van der Waals surface area contributed by atoms with Crippen LogP contribution in [0.15, 0.2) is 18.3 Å². The molecule has 0 aliphatic heterocycles. The predicted octanol–water partition coefficient (Wildman–Crippen LogP) is 1.53. The van der Waals surface area contributed by atoms with Crippen molar-refractivity contribution < 1.29 is 4.79 Å². The molecule has 0 aliphatic rings. The highest BCUT2D eigenvalue weighted by Crippen LogP contribution is 2.08. The Morgan fingerprint density at radius 2 is 2.29 bits per heavy atom. The largest absolute Gasteiger partial charge is 0.392 e. The minimum atomic E-state index is -0.113. The molecule has 0 saturated carbocycles. The summed E-state index contributed by atoms with van der Waals surface area (Å²) in [6, 6.07) is 3.68. The number of aromatic nitrogens is 1. The molecule has 0 aromatic carbocycles. The molecule has 0 saturated heterocycles. The van der Waals surface area contributed by atoms with Gasteiger partial charge in [-0.3, -0.25) is 9.78 Å². The lowest BCUT2D eigenvalue weighted by Crippen LogP contribution is -2.38. The van der Waals surface area contributed by atoms with Crippen LogP contribution in [0.5, 0.6) is 0 Å². The number of rotatable bonds is 5. The Morgan fingerprint density at radius 3 is 2.82 bits per heavy atom. The molecule has 0 radical (unpaired) electrons. The van der Waals surface area contributed by atoms with E-state index in [2.05, 4.69) is 4.98 Å². The SMILES string of the molecule is CCCN(CC(N)=S)C(=O)c1ncccc1C. The van der Waals surface area contributed by atoms with Gasteiger partial charge in [0.1, 0.15) is 5.69 Å². The predicted molar refractivity (Wildman–Crippen MR) is 72.0 cm³/mol. The Hall–Kier alpha value is -1.49. The zero-order valence-electron chi connectivity index (χ0n) is 10.1. The van der Waals surface area contributed by atoms with E-state index in [0.717, 1.165) is 12.0 Å². The van der Waals surface area contributed by atoms with E-state index >= 15 is 0 Å². The molecule has 0 bridgehead atoms. The van der Waals surface area contributed by atoms with Crippen LogP contribution in [0.2, 0.25) is 0 Å². The molecule has 1 amide bonds. The fourth-order valence-corrected chi connectivity index (χ4v) is 1.73. The van der Waals surface area contributed by atoms with Gasteiger partial charge in [-0.05, 0) is 25.0 Å². The van der Waals surface area contributed by atoms with Gasteiger partial charge in [-0.25, -0.2) is 0 Å². The van der Waals surface area contributed by atoms with Gasteiger partial charge >= 0.3 is 0 Å². The summed E-state index contributed by atoms with van der Waals surface area (Å²) in [7, 11) is 0. The summed E-state index contributed by atoms with van der Waals surface area (Å²) in [6.07, 6.45) is 2.48. The number of carbonyl (C=O) groups excluding carboxylic acids is 1. The van der Waals surface area contributed by atoms with Crippen LogP contribution in [0.3, 0.4) is 0 Å². The Morgan fingerprint density at radius 1 is 1.59 bits per heavy atom. The quantitative estimate of drug-likeness (QED) is 0.806. The van der Waals surface area contributed by atoms with Crippen molar-refractivity contribution in [2.24, 2.45) is 5.73 Å². The van der Waals surface area contributed by atoms with E-state index in [1.54, 1.807) is 11.1 Å². The van der Waals surface area contributed by atoms with Crippen LogP contribution in [0.25, 0.3) is 0 Å². The average molecular weight is 251 g/mol. The van der Waals surface area contributed by atoms with Gasteiger partial charge in [-0.15, -0.1) is 0 Å². The molecule has 0 spiro atoms. The van der Waals surface area contributed by atoms with Crippen LogP contribution in [-0.4, -0.2) is 33.9 Å². The molecule has 0 fully saturated rings. The van der Waals surface area contributed by atoms with Crippen LogP contribution >= 0.6 is 12.2 Å². The number of thiocarbonyl (C=S) groups is 1. The summed E-state index contributed by atoms with van der Waals surface area (Å²) in [5, 5.41) is 0. The van der Waals surface area contributed by atoms with E-state index in [0.29, 0.717) is 23.8 Å². The highest BCUT2D eigenvalue weighted by atomic mass is 32.1. The minimum Gasteiger partial charge on any atom is -0.392 e. The maximum absolute atomic E-state index is 12.2. The summed E-state index contributed by atoms with van der Waals surface area (Å²) in [5.74, 6) is -0.113. The van der Waals surface area contributed by atoms with E-state index in [1.807, 2.05) is 26.0 Å². The third-order valence-electron chi connectivity index (χ3n) is 2.34. The van der Waals surface area contributed by atoms with Gasteiger partial charge in [-0.1, -0.05) is 25.2 Å². The highest BCUT2D eigenvalue weighted by Gasteiger charge is 2.18. The van der Waals surface area contributed by atoms with Crippen LogP contribution in [0.4, 0.5) is 0 Å². The lowest BCUT2D eigenvalue weighted by molar-refractivity contribution is 0.0773. The second-order valence-corrected chi connectivity index (χ2v) is 4.39. The maximum atomic E-state index is 12.2. The molecule has 1 aromatic rings. The number of hydrogen-bond acceptors (Lipinski definition) is 3. The van der Waals surface area contributed by atoms with Crippen LogP contribution in [0, 0.1) is 6.92 Å². The van der Waals surface area contributed by atoms with Gasteiger partial charge in [-0.2, -0.15) is 0 Å².